The normalized spacial score (nSPS) is 21.5. The smallest absolute Gasteiger partial charge is 0.0919 e. The molecular formula is C15H23NOS. The van der Waals surface area contributed by atoms with Crippen LogP contribution in [0.5, 0.6) is 0 Å². The second-order valence-electron chi connectivity index (χ2n) is 5.33. The SMILES string of the molecule is Cc1ccc(C)c([C@H](O)CN(C)[C@@H]2CCSC2)c1. The van der Waals surface area contributed by atoms with Crippen LogP contribution in [-0.2, 0) is 0 Å². The van der Waals surface area contributed by atoms with Gasteiger partial charge in [0.05, 0.1) is 6.10 Å². The van der Waals surface area contributed by atoms with Crippen molar-refractivity contribution < 1.29 is 5.11 Å². The van der Waals surface area contributed by atoms with Crippen LogP contribution in [0.15, 0.2) is 18.2 Å². The molecule has 1 N–H and O–H groups in total. The maximum absolute atomic E-state index is 10.4. The number of likely N-dealkylation sites (N-methyl/N-ethyl adjacent to an activating group) is 1. The highest BCUT2D eigenvalue weighted by molar-refractivity contribution is 7.99. The lowest BCUT2D eigenvalue weighted by atomic mass is 10.00. The fourth-order valence-corrected chi connectivity index (χ4v) is 3.81. The zero-order chi connectivity index (χ0) is 13.1. The molecule has 0 unspecified atom stereocenters. The maximum atomic E-state index is 10.4. The fraction of sp³-hybridized carbons (Fsp3) is 0.600. The van der Waals surface area contributed by atoms with Gasteiger partial charge in [-0.25, -0.2) is 0 Å². The fourth-order valence-electron chi connectivity index (χ4n) is 2.51. The van der Waals surface area contributed by atoms with Gasteiger partial charge in [0, 0.05) is 18.3 Å². The first-order valence-electron chi connectivity index (χ1n) is 6.61. The summed E-state index contributed by atoms with van der Waals surface area (Å²) in [6, 6.07) is 6.94. The highest BCUT2D eigenvalue weighted by atomic mass is 32.2. The van der Waals surface area contributed by atoms with Crippen LogP contribution in [0.2, 0.25) is 0 Å². The third-order valence-electron chi connectivity index (χ3n) is 3.78. The van der Waals surface area contributed by atoms with E-state index in [1.54, 1.807) is 0 Å². The van der Waals surface area contributed by atoms with Crippen LogP contribution in [-0.4, -0.2) is 41.1 Å². The first kappa shape index (κ1) is 13.9. The largest absolute Gasteiger partial charge is 0.387 e. The minimum absolute atomic E-state index is 0.375. The number of benzene rings is 1. The molecule has 1 saturated heterocycles. The van der Waals surface area contributed by atoms with Gasteiger partial charge in [-0.3, -0.25) is 4.90 Å². The number of aryl methyl sites for hydroxylation is 2. The van der Waals surface area contributed by atoms with Gasteiger partial charge in [0.25, 0.3) is 0 Å². The molecule has 1 heterocycles. The van der Waals surface area contributed by atoms with Crippen molar-refractivity contribution >= 4 is 11.8 Å². The quantitative estimate of drug-likeness (QED) is 0.905. The van der Waals surface area contributed by atoms with Crippen LogP contribution < -0.4 is 0 Å². The van der Waals surface area contributed by atoms with Gasteiger partial charge in [-0.2, -0.15) is 11.8 Å². The third kappa shape index (κ3) is 3.28. The van der Waals surface area contributed by atoms with Crippen molar-refractivity contribution in [2.75, 3.05) is 25.1 Å². The van der Waals surface area contributed by atoms with Crippen molar-refractivity contribution in [3.05, 3.63) is 34.9 Å². The maximum Gasteiger partial charge on any atom is 0.0919 e. The number of hydrogen-bond acceptors (Lipinski definition) is 3. The summed E-state index contributed by atoms with van der Waals surface area (Å²) in [5.74, 6) is 2.46. The number of aliphatic hydroxyl groups excluding tert-OH is 1. The predicted octanol–water partition coefficient (Wildman–Crippen LogP) is 2.77. The van der Waals surface area contributed by atoms with Crippen molar-refractivity contribution in [3.63, 3.8) is 0 Å². The summed E-state index contributed by atoms with van der Waals surface area (Å²) >= 11 is 2.02. The summed E-state index contributed by atoms with van der Waals surface area (Å²) in [4.78, 5) is 2.31. The summed E-state index contributed by atoms with van der Waals surface area (Å²) in [6.07, 6.45) is 0.876. The molecule has 0 bridgehead atoms. The molecular weight excluding hydrogens is 242 g/mol. The van der Waals surface area contributed by atoms with E-state index in [4.69, 9.17) is 0 Å². The molecule has 1 fully saturated rings. The van der Waals surface area contributed by atoms with Crippen LogP contribution in [0, 0.1) is 13.8 Å². The molecule has 1 aromatic carbocycles. The predicted molar refractivity (Wildman–Crippen MR) is 79.2 cm³/mol. The van der Waals surface area contributed by atoms with Crippen LogP contribution in [0.4, 0.5) is 0 Å². The highest BCUT2D eigenvalue weighted by Crippen LogP contribution is 2.25. The molecule has 0 aliphatic carbocycles. The number of nitrogens with zero attached hydrogens (tertiary/aromatic N) is 1. The molecule has 0 amide bonds. The van der Waals surface area contributed by atoms with E-state index in [0.29, 0.717) is 6.04 Å². The second kappa shape index (κ2) is 6.09. The average Bonchev–Trinajstić information content (AvgIpc) is 2.85. The lowest BCUT2D eigenvalue weighted by molar-refractivity contribution is 0.109. The van der Waals surface area contributed by atoms with Crippen molar-refractivity contribution in [1.29, 1.82) is 0 Å². The standard InChI is InChI=1S/C15H23NOS/c1-11-4-5-12(2)14(8-11)15(17)9-16(3)13-6-7-18-10-13/h4-5,8,13,15,17H,6-7,9-10H2,1-3H3/t13-,15-/m1/s1. The Morgan fingerprint density at radius 2 is 2.22 bits per heavy atom. The monoisotopic (exact) mass is 265 g/mol. The zero-order valence-corrected chi connectivity index (χ0v) is 12.3. The van der Waals surface area contributed by atoms with Gasteiger partial charge < -0.3 is 5.11 Å². The summed E-state index contributed by atoms with van der Waals surface area (Å²) in [5, 5.41) is 10.4. The number of thioether (sulfide) groups is 1. The van der Waals surface area contributed by atoms with Crippen LogP contribution >= 0.6 is 11.8 Å². The minimum Gasteiger partial charge on any atom is -0.387 e. The van der Waals surface area contributed by atoms with Crippen molar-refractivity contribution in [1.82, 2.24) is 4.90 Å². The number of rotatable bonds is 4. The molecule has 0 aromatic heterocycles. The molecule has 100 valence electrons. The van der Waals surface area contributed by atoms with Crippen LogP contribution in [0.3, 0.4) is 0 Å². The zero-order valence-electron chi connectivity index (χ0n) is 11.5. The molecule has 1 aliphatic heterocycles. The summed E-state index contributed by atoms with van der Waals surface area (Å²) in [6.45, 7) is 4.88. The molecule has 0 radical (unpaired) electrons. The molecule has 1 aliphatic rings. The average molecular weight is 265 g/mol. The van der Waals surface area contributed by atoms with Gasteiger partial charge in [-0.1, -0.05) is 23.8 Å². The molecule has 18 heavy (non-hydrogen) atoms. The van der Waals surface area contributed by atoms with E-state index in [2.05, 4.69) is 44.0 Å². The van der Waals surface area contributed by atoms with Crippen LogP contribution in [0.25, 0.3) is 0 Å². The number of aliphatic hydroxyl groups is 1. The van der Waals surface area contributed by atoms with E-state index < -0.39 is 0 Å². The topological polar surface area (TPSA) is 23.5 Å². The van der Waals surface area contributed by atoms with E-state index in [1.165, 1.54) is 29.1 Å². The molecule has 2 atom stereocenters. The van der Waals surface area contributed by atoms with Gasteiger partial charge in [0.15, 0.2) is 0 Å². The Morgan fingerprint density at radius 1 is 1.44 bits per heavy atom. The van der Waals surface area contributed by atoms with Gasteiger partial charge in [0.2, 0.25) is 0 Å². The minimum atomic E-state index is -0.375. The lowest BCUT2D eigenvalue weighted by Crippen LogP contribution is -2.35. The Kier molecular flexibility index (Phi) is 4.71. The molecule has 0 spiro atoms. The molecule has 1 aromatic rings. The second-order valence-corrected chi connectivity index (χ2v) is 6.48. The van der Waals surface area contributed by atoms with E-state index in [9.17, 15) is 5.11 Å². The molecule has 2 nitrogen and oxygen atoms in total. The first-order valence-corrected chi connectivity index (χ1v) is 7.76. The van der Waals surface area contributed by atoms with Gasteiger partial charge in [0.1, 0.15) is 0 Å². The molecule has 0 saturated carbocycles. The van der Waals surface area contributed by atoms with Gasteiger partial charge in [-0.05, 0) is 44.2 Å². The summed E-state index contributed by atoms with van der Waals surface area (Å²) in [5.41, 5.74) is 3.48. The Bertz CT molecular complexity index is 401. The Morgan fingerprint density at radius 3 is 2.89 bits per heavy atom. The Labute approximate surface area is 114 Å². The van der Waals surface area contributed by atoms with Crippen molar-refractivity contribution in [3.8, 4) is 0 Å². The van der Waals surface area contributed by atoms with Gasteiger partial charge in [-0.15, -0.1) is 0 Å². The Balaban J connectivity index is 2.02. The third-order valence-corrected chi connectivity index (χ3v) is 4.93. The van der Waals surface area contributed by atoms with E-state index in [1.807, 2.05) is 11.8 Å². The van der Waals surface area contributed by atoms with E-state index in [-0.39, 0.29) is 6.10 Å². The van der Waals surface area contributed by atoms with Gasteiger partial charge >= 0.3 is 0 Å². The van der Waals surface area contributed by atoms with Crippen LogP contribution in [0.1, 0.15) is 29.2 Å². The molecule has 3 heteroatoms. The van der Waals surface area contributed by atoms with Crippen molar-refractivity contribution in [2.24, 2.45) is 0 Å². The first-order chi connectivity index (χ1) is 8.58. The van der Waals surface area contributed by atoms with Crippen molar-refractivity contribution in [2.45, 2.75) is 32.4 Å². The Hall–Kier alpha value is -0.510. The molecule has 2 rings (SSSR count). The highest BCUT2D eigenvalue weighted by Gasteiger charge is 2.22. The van der Waals surface area contributed by atoms with E-state index in [0.717, 1.165) is 12.1 Å². The number of hydrogen-bond donors (Lipinski definition) is 1. The van der Waals surface area contributed by atoms with E-state index >= 15 is 0 Å². The summed E-state index contributed by atoms with van der Waals surface area (Å²) < 4.78 is 0. The lowest BCUT2D eigenvalue weighted by Gasteiger charge is -2.27. The summed E-state index contributed by atoms with van der Waals surface area (Å²) in [7, 11) is 2.13.